The lowest BCUT2D eigenvalue weighted by molar-refractivity contribution is -0.221. The van der Waals surface area contributed by atoms with Gasteiger partial charge in [0.2, 0.25) is 0 Å². The molecule has 1 aromatic rings. The predicted octanol–water partition coefficient (Wildman–Crippen LogP) is 10.4. The maximum absolute atomic E-state index is 12.0. The monoisotopic (exact) mass is 532 g/mol. The molecule has 2 heteroatoms. The van der Waals surface area contributed by atoms with Crippen LogP contribution in [0, 0.1) is 50.7 Å². The Bertz CT molecular complexity index is 1110. The summed E-state index contributed by atoms with van der Waals surface area (Å²) < 4.78 is 4.93. The highest BCUT2D eigenvalue weighted by Gasteiger charge is 2.68. The number of fused-ring (bicyclic) bond motifs is 7. The lowest BCUT2D eigenvalue weighted by Crippen LogP contribution is -2.64. The molecule has 0 saturated heterocycles. The minimum Gasteiger partial charge on any atom is -0.465 e. The molecule has 1 aromatic carbocycles. The highest BCUT2D eigenvalue weighted by molar-refractivity contribution is 5.89. The molecule has 5 aliphatic rings. The summed E-state index contributed by atoms with van der Waals surface area (Å²) in [6.07, 6.45) is 16.8. The molecule has 4 fully saturated rings. The molecule has 0 heterocycles. The van der Waals surface area contributed by atoms with Crippen LogP contribution in [0.15, 0.2) is 30.3 Å². The molecular formula is C37H56O2. The van der Waals surface area contributed by atoms with Crippen LogP contribution in [-0.4, -0.2) is 13.1 Å². The van der Waals surface area contributed by atoms with Crippen molar-refractivity contribution in [1.82, 2.24) is 0 Å². The fraction of sp³-hybridized carbons (Fsp3) is 0.757. The van der Waals surface area contributed by atoms with Gasteiger partial charge in [-0.25, -0.2) is 4.79 Å². The second-order valence-electron chi connectivity index (χ2n) is 15.4. The normalized spacial score (nSPS) is 43.9. The van der Waals surface area contributed by atoms with E-state index < -0.39 is 0 Å². The summed E-state index contributed by atoms with van der Waals surface area (Å²) in [4.78, 5) is 12.0. The first kappa shape index (κ1) is 28.9. The van der Waals surface area contributed by atoms with Gasteiger partial charge in [-0.3, -0.25) is 0 Å². The minimum absolute atomic E-state index is 0.120. The van der Waals surface area contributed by atoms with Crippen molar-refractivity contribution in [3.05, 3.63) is 41.5 Å². The van der Waals surface area contributed by atoms with Crippen LogP contribution in [0.3, 0.4) is 0 Å². The van der Waals surface area contributed by atoms with Crippen LogP contribution < -0.4 is 0 Å². The molecule has 1 unspecified atom stereocenters. The van der Waals surface area contributed by atoms with Gasteiger partial charge in [-0.05, 0) is 132 Å². The summed E-state index contributed by atoms with van der Waals surface area (Å²) in [5.74, 6) is 3.15. The fourth-order valence-corrected chi connectivity index (χ4v) is 11.9. The molecule has 8 atom stereocenters. The smallest absolute Gasteiger partial charge is 0.337 e. The van der Waals surface area contributed by atoms with E-state index in [1.54, 1.807) is 0 Å². The minimum atomic E-state index is -0.257. The van der Waals surface area contributed by atoms with E-state index >= 15 is 0 Å². The topological polar surface area (TPSA) is 26.3 Å². The zero-order chi connectivity index (χ0) is 28.4. The zero-order valence-corrected chi connectivity index (χ0v) is 26.6. The van der Waals surface area contributed by atoms with Crippen LogP contribution in [0.4, 0.5) is 0 Å². The van der Waals surface area contributed by atoms with Crippen molar-refractivity contribution in [3.63, 3.8) is 0 Å². The number of benzene rings is 1. The van der Waals surface area contributed by atoms with Crippen molar-refractivity contribution in [2.45, 2.75) is 120 Å². The first-order chi connectivity index (χ1) is 18.4. The van der Waals surface area contributed by atoms with Gasteiger partial charge in [0.1, 0.15) is 0 Å². The standard InChI is InChI=1S/C35H50O2.C2H6/c1-31(2)25(23-10-12-24(13-11-23)30(36)37-7)16-19-33(4)28(31)17-20-35(6)29(33)15-14-27-26-9-8-18-32(26,3)21-22-34(27,35)5;1-2/h10-13,16,26-29H,8-9,14-15,17-22H2,1-7H3;1-2H3/t26-,27-,28+,29-,32?,33+,34-,35-;/m1./s1. The molecule has 0 aliphatic heterocycles. The molecule has 0 spiro atoms. The Labute approximate surface area is 239 Å². The van der Waals surface area contributed by atoms with Crippen molar-refractivity contribution in [2.24, 2.45) is 50.7 Å². The summed E-state index contributed by atoms with van der Waals surface area (Å²) in [6, 6.07) is 8.15. The van der Waals surface area contributed by atoms with E-state index in [0.717, 1.165) is 17.8 Å². The van der Waals surface area contributed by atoms with Crippen LogP contribution in [0.1, 0.15) is 136 Å². The predicted molar refractivity (Wildman–Crippen MR) is 163 cm³/mol. The number of hydrogen-bond donors (Lipinski definition) is 0. The molecule has 0 radical (unpaired) electrons. The van der Waals surface area contributed by atoms with Crippen molar-refractivity contribution < 1.29 is 9.53 Å². The first-order valence-electron chi connectivity index (χ1n) is 16.3. The average Bonchev–Trinajstić information content (AvgIpc) is 3.31. The Morgan fingerprint density at radius 1 is 0.769 bits per heavy atom. The summed E-state index contributed by atoms with van der Waals surface area (Å²) in [6.45, 7) is 19.8. The Kier molecular flexibility index (Phi) is 7.25. The largest absolute Gasteiger partial charge is 0.465 e. The molecule has 4 saturated carbocycles. The molecule has 0 N–H and O–H groups in total. The van der Waals surface area contributed by atoms with Gasteiger partial charge in [-0.2, -0.15) is 0 Å². The molecule has 2 nitrogen and oxygen atoms in total. The lowest BCUT2D eigenvalue weighted by atomic mass is 9.33. The van der Waals surface area contributed by atoms with Crippen molar-refractivity contribution >= 4 is 11.5 Å². The van der Waals surface area contributed by atoms with Gasteiger partial charge >= 0.3 is 5.97 Å². The highest BCUT2D eigenvalue weighted by Crippen LogP contribution is 2.77. The summed E-state index contributed by atoms with van der Waals surface area (Å²) >= 11 is 0. The molecule has 0 amide bonds. The van der Waals surface area contributed by atoms with Crippen LogP contribution in [0.5, 0.6) is 0 Å². The zero-order valence-electron chi connectivity index (χ0n) is 26.6. The Morgan fingerprint density at radius 3 is 2.13 bits per heavy atom. The summed E-state index contributed by atoms with van der Waals surface area (Å²) in [5, 5.41) is 0. The van der Waals surface area contributed by atoms with Gasteiger partial charge in [0, 0.05) is 0 Å². The van der Waals surface area contributed by atoms with E-state index in [9.17, 15) is 4.79 Å². The Morgan fingerprint density at radius 2 is 1.46 bits per heavy atom. The van der Waals surface area contributed by atoms with Gasteiger partial charge in [-0.15, -0.1) is 0 Å². The number of rotatable bonds is 2. The lowest BCUT2D eigenvalue weighted by Gasteiger charge is -2.72. The van der Waals surface area contributed by atoms with Crippen LogP contribution in [0.2, 0.25) is 0 Å². The fourth-order valence-electron chi connectivity index (χ4n) is 11.9. The summed E-state index contributed by atoms with van der Waals surface area (Å²) in [5.41, 5.74) is 5.44. The number of methoxy groups -OCH3 is 1. The molecule has 5 aliphatic carbocycles. The number of esters is 1. The maximum Gasteiger partial charge on any atom is 0.337 e. The molecule has 0 bridgehead atoms. The van der Waals surface area contributed by atoms with Crippen LogP contribution in [0.25, 0.3) is 5.57 Å². The van der Waals surface area contributed by atoms with Crippen LogP contribution in [-0.2, 0) is 4.74 Å². The first-order valence-corrected chi connectivity index (χ1v) is 16.3. The second-order valence-corrected chi connectivity index (χ2v) is 15.4. The van der Waals surface area contributed by atoms with Gasteiger partial charge in [0.15, 0.2) is 0 Å². The molecule has 39 heavy (non-hydrogen) atoms. The molecule has 216 valence electrons. The quantitative estimate of drug-likeness (QED) is 0.354. The van der Waals surface area contributed by atoms with Crippen molar-refractivity contribution in [1.29, 1.82) is 0 Å². The van der Waals surface area contributed by atoms with E-state index in [1.165, 1.54) is 82.5 Å². The highest BCUT2D eigenvalue weighted by atomic mass is 16.5. The van der Waals surface area contributed by atoms with Gasteiger partial charge in [0.05, 0.1) is 12.7 Å². The Balaban J connectivity index is 0.00000151. The maximum atomic E-state index is 12.0. The third kappa shape index (κ3) is 3.96. The molecular weight excluding hydrogens is 476 g/mol. The van der Waals surface area contributed by atoms with E-state index in [1.807, 2.05) is 26.0 Å². The second kappa shape index (κ2) is 9.77. The number of ether oxygens (including phenoxy) is 1. The number of carbonyl (C=O) groups is 1. The number of carbonyl (C=O) groups excluding carboxylic acids is 1. The van der Waals surface area contributed by atoms with Crippen molar-refractivity contribution in [2.75, 3.05) is 7.11 Å². The summed E-state index contributed by atoms with van der Waals surface area (Å²) in [7, 11) is 1.45. The number of hydrogen-bond acceptors (Lipinski definition) is 2. The van der Waals surface area contributed by atoms with Crippen LogP contribution >= 0.6 is 0 Å². The van der Waals surface area contributed by atoms with E-state index in [-0.39, 0.29) is 11.4 Å². The third-order valence-corrected chi connectivity index (χ3v) is 14.0. The molecule has 0 aromatic heterocycles. The molecule has 6 rings (SSSR count). The SMILES string of the molecule is CC.COC(=O)c1ccc(C2=CC[C@]3(C)[C@H]4CC[C@@H]5[C@H]6CCCC6(C)CC[C@@]5(C)[C@]4(C)CC[C@H]3C2(C)C)cc1. The van der Waals surface area contributed by atoms with Gasteiger partial charge in [-0.1, -0.05) is 80.0 Å². The van der Waals surface area contributed by atoms with E-state index in [0.29, 0.717) is 33.1 Å². The number of allylic oxidation sites excluding steroid dienone is 2. The van der Waals surface area contributed by atoms with Gasteiger partial charge < -0.3 is 4.74 Å². The van der Waals surface area contributed by atoms with Crippen molar-refractivity contribution in [3.8, 4) is 0 Å². The van der Waals surface area contributed by atoms with E-state index in [4.69, 9.17) is 4.74 Å². The van der Waals surface area contributed by atoms with E-state index in [2.05, 4.69) is 59.8 Å². The third-order valence-electron chi connectivity index (χ3n) is 14.0. The Hall–Kier alpha value is -1.57. The van der Waals surface area contributed by atoms with Gasteiger partial charge in [0.25, 0.3) is 0 Å². The average molecular weight is 533 g/mol.